The topological polar surface area (TPSA) is 66.5 Å². The van der Waals surface area contributed by atoms with Crippen molar-refractivity contribution in [1.82, 2.24) is 0 Å². The van der Waals surface area contributed by atoms with Gasteiger partial charge in [0.25, 0.3) is 0 Å². The number of hydrogen-bond acceptors (Lipinski definition) is 3. The zero-order valence-electron chi connectivity index (χ0n) is 8.24. The van der Waals surface area contributed by atoms with Gasteiger partial charge in [-0.3, -0.25) is 0 Å². The van der Waals surface area contributed by atoms with Crippen LogP contribution in [0.25, 0.3) is 0 Å². The number of nitrogens with two attached hydrogens (primary N) is 1. The maximum Gasteiger partial charge on any atom is 0.127 e. The highest BCUT2D eigenvalue weighted by molar-refractivity contribution is 6.32. The number of benzene rings is 1. The first-order valence-electron chi connectivity index (χ1n) is 4.49. The zero-order chi connectivity index (χ0) is 11.6. The highest BCUT2D eigenvalue weighted by Crippen LogP contribution is 2.29. The van der Waals surface area contributed by atoms with Gasteiger partial charge in [0.1, 0.15) is 11.9 Å². The summed E-state index contributed by atoms with van der Waals surface area (Å²) in [6.45, 7) is 1.41. The molecule has 2 atom stereocenters. The lowest BCUT2D eigenvalue weighted by Crippen LogP contribution is -2.27. The predicted molar refractivity (Wildman–Crippen MR) is 56.2 cm³/mol. The summed E-state index contributed by atoms with van der Waals surface area (Å²) in [6.07, 6.45) is -2.30. The Labute approximate surface area is 92.3 Å². The quantitative estimate of drug-likeness (QED) is 0.734. The van der Waals surface area contributed by atoms with Crippen molar-refractivity contribution in [2.24, 2.45) is 5.73 Å². The Morgan fingerprint density at radius 2 is 2.07 bits per heavy atom. The van der Waals surface area contributed by atoms with Crippen molar-refractivity contribution < 1.29 is 14.6 Å². The minimum atomic E-state index is -1.19. The molecule has 0 heterocycles. The van der Waals surface area contributed by atoms with Crippen molar-refractivity contribution in [2.45, 2.75) is 19.1 Å². The molecule has 84 valence electrons. The summed E-state index contributed by atoms with van der Waals surface area (Å²) in [7, 11) is 0. The zero-order valence-corrected chi connectivity index (χ0v) is 9.00. The molecule has 0 fully saturated rings. The van der Waals surface area contributed by atoms with E-state index in [1.807, 2.05) is 0 Å². The number of hydrogen-bond donors (Lipinski definition) is 3. The maximum absolute atomic E-state index is 13.1. The number of rotatable bonds is 3. The average molecular weight is 234 g/mol. The largest absolute Gasteiger partial charge is 0.389 e. The van der Waals surface area contributed by atoms with E-state index in [9.17, 15) is 14.6 Å². The molecule has 0 saturated heterocycles. The van der Waals surface area contributed by atoms with Crippen LogP contribution in [0.2, 0.25) is 5.02 Å². The Bertz CT molecular complexity index is 360. The third kappa shape index (κ3) is 2.46. The maximum atomic E-state index is 13.1. The van der Waals surface area contributed by atoms with Gasteiger partial charge in [-0.2, -0.15) is 0 Å². The molecule has 0 aliphatic heterocycles. The van der Waals surface area contributed by atoms with Crippen molar-refractivity contribution in [2.75, 3.05) is 6.54 Å². The third-order valence-corrected chi connectivity index (χ3v) is 2.78. The molecule has 0 aliphatic carbocycles. The molecule has 15 heavy (non-hydrogen) atoms. The summed E-state index contributed by atoms with van der Waals surface area (Å²) in [4.78, 5) is 0. The highest BCUT2D eigenvalue weighted by Gasteiger charge is 2.21. The van der Waals surface area contributed by atoms with E-state index in [0.717, 1.165) is 0 Å². The molecule has 1 aromatic rings. The Kier molecular flexibility index (Phi) is 4.04. The van der Waals surface area contributed by atoms with Gasteiger partial charge in [0.05, 0.1) is 11.1 Å². The van der Waals surface area contributed by atoms with Crippen molar-refractivity contribution in [3.05, 3.63) is 34.1 Å². The fraction of sp³-hybridized carbons (Fsp3) is 0.400. The van der Waals surface area contributed by atoms with Crippen LogP contribution in [0.4, 0.5) is 4.39 Å². The first-order chi connectivity index (χ1) is 6.99. The van der Waals surface area contributed by atoms with Crippen molar-refractivity contribution in [1.29, 1.82) is 0 Å². The van der Waals surface area contributed by atoms with E-state index in [0.29, 0.717) is 0 Å². The van der Waals surface area contributed by atoms with Gasteiger partial charge in [-0.15, -0.1) is 0 Å². The van der Waals surface area contributed by atoms with E-state index in [2.05, 4.69) is 0 Å². The molecular weight excluding hydrogens is 221 g/mol. The monoisotopic (exact) mass is 233 g/mol. The fourth-order valence-corrected chi connectivity index (χ4v) is 1.51. The normalized spacial score (nSPS) is 15.1. The standard InChI is InChI=1S/C10H13ClFNO2/c1-5-7(12)3-2-6(9(5)11)10(15)8(14)4-13/h2-3,8,10,14-15H,4,13H2,1H3. The lowest BCUT2D eigenvalue weighted by Gasteiger charge is -2.18. The van der Waals surface area contributed by atoms with Gasteiger partial charge in [0.15, 0.2) is 0 Å². The van der Waals surface area contributed by atoms with Gasteiger partial charge >= 0.3 is 0 Å². The van der Waals surface area contributed by atoms with Crippen LogP contribution < -0.4 is 5.73 Å². The van der Waals surface area contributed by atoms with Crippen LogP contribution in [0, 0.1) is 12.7 Å². The highest BCUT2D eigenvalue weighted by atomic mass is 35.5. The van der Waals surface area contributed by atoms with Gasteiger partial charge in [-0.25, -0.2) is 4.39 Å². The number of halogens is 2. The summed E-state index contributed by atoms with van der Waals surface area (Å²) >= 11 is 5.84. The Morgan fingerprint density at radius 1 is 1.47 bits per heavy atom. The van der Waals surface area contributed by atoms with Crippen LogP contribution in [0.15, 0.2) is 12.1 Å². The Balaban J connectivity index is 3.10. The molecule has 3 nitrogen and oxygen atoms in total. The molecule has 0 saturated carbocycles. The lowest BCUT2D eigenvalue weighted by molar-refractivity contribution is 0.0243. The van der Waals surface area contributed by atoms with Crippen molar-refractivity contribution in [3.8, 4) is 0 Å². The molecule has 0 bridgehead atoms. The second-order valence-corrected chi connectivity index (χ2v) is 3.70. The minimum Gasteiger partial charge on any atom is -0.389 e. The first kappa shape index (κ1) is 12.4. The Morgan fingerprint density at radius 3 is 2.60 bits per heavy atom. The van der Waals surface area contributed by atoms with E-state index in [4.69, 9.17) is 17.3 Å². The average Bonchev–Trinajstić information content (AvgIpc) is 2.24. The molecule has 1 aromatic carbocycles. The molecule has 1 rings (SSSR count). The minimum absolute atomic E-state index is 0.0894. The molecule has 4 N–H and O–H groups in total. The Hall–Kier alpha value is -0.680. The van der Waals surface area contributed by atoms with Gasteiger partial charge in [0.2, 0.25) is 0 Å². The van der Waals surface area contributed by atoms with Crippen LogP contribution in [-0.4, -0.2) is 22.9 Å². The second kappa shape index (κ2) is 4.90. The van der Waals surface area contributed by atoms with Crippen LogP contribution in [0.1, 0.15) is 17.2 Å². The van der Waals surface area contributed by atoms with E-state index in [-0.39, 0.29) is 22.7 Å². The molecule has 0 spiro atoms. The van der Waals surface area contributed by atoms with Gasteiger partial charge in [-0.1, -0.05) is 17.7 Å². The van der Waals surface area contributed by atoms with Gasteiger partial charge in [0, 0.05) is 17.7 Å². The summed E-state index contributed by atoms with van der Waals surface area (Å²) in [5, 5.41) is 19.1. The van der Waals surface area contributed by atoms with Crippen LogP contribution in [0.5, 0.6) is 0 Å². The van der Waals surface area contributed by atoms with E-state index in [1.165, 1.54) is 19.1 Å². The number of aliphatic hydroxyl groups excluding tert-OH is 2. The smallest absolute Gasteiger partial charge is 0.127 e. The second-order valence-electron chi connectivity index (χ2n) is 3.32. The summed E-state index contributed by atoms with van der Waals surface area (Å²) < 4.78 is 13.1. The van der Waals surface area contributed by atoms with Crippen LogP contribution in [0.3, 0.4) is 0 Å². The van der Waals surface area contributed by atoms with Gasteiger partial charge < -0.3 is 15.9 Å². The van der Waals surface area contributed by atoms with E-state index >= 15 is 0 Å². The third-order valence-electron chi connectivity index (χ3n) is 2.27. The van der Waals surface area contributed by atoms with Crippen molar-refractivity contribution in [3.63, 3.8) is 0 Å². The molecule has 0 aliphatic rings. The molecule has 5 heteroatoms. The first-order valence-corrected chi connectivity index (χ1v) is 4.87. The van der Waals surface area contributed by atoms with E-state index in [1.54, 1.807) is 0 Å². The predicted octanol–water partition coefficient (Wildman–Crippen LogP) is 1.14. The number of aliphatic hydroxyl groups is 2. The molecule has 0 amide bonds. The van der Waals surface area contributed by atoms with Crippen LogP contribution >= 0.6 is 11.6 Å². The van der Waals surface area contributed by atoms with Gasteiger partial charge in [-0.05, 0) is 13.0 Å². The van der Waals surface area contributed by atoms with Crippen molar-refractivity contribution >= 4 is 11.6 Å². The van der Waals surface area contributed by atoms with Crippen LogP contribution in [-0.2, 0) is 0 Å². The lowest BCUT2D eigenvalue weighted by atomic mass is 10.0. The molecular formula is C10H13ClFNO2. The summed E-state index contributed by atoms with van der Waals surface area (Å²) in [6, 6.07) is 2.54. The summed E-state index contributed by atoms with van der Waals surface area (Å²) in [5.41, 5.74) is 5.73. The SMILES string of the molecule is Cc1c(F)ccc(C(O)C(O)CN)c1Cl. The molecule has 0 radical (unpaired) electrons. The summed E-state index contributed by atoms with van der Waals surface area (Å²) in [5.74, 6) is -0.446. The fourth-order valence-electron chi connectivity index (χ4n) is 1.25. The molecule has 0 aromatic heterocycles. The molecule has 2 unspecified atom stereocenters. The van der Waals surface area contributed by atoms with E-state index < -0.39 is 18.0 Å².